The van der Waals surface area contributed by atoms with E-state index >= 15 is 0 Å². The van der Waals surface area contributed by atoms with E-state index in [0.29, 0.717) is 0 Å². The molecule has 0 fully saturated rings. The second kappa shape index (κ2) is 4.24. The van der Waals surface area contributed by atoms with Crippen LogP contribution < -0.4 is 24.3 Å². The number of fused-ring (bicyclic) bond motifs is 5. The third-order valence-electron chi connectivity index (χ3n) is 5.22. The van der Waals surface area contributed by atoms with Gasteiger partial charge < -0.3 is 24.3 Å². The minimum absolute atomic E-state index is 0.271. The fraction of sp³-hybridized carbons (Fsp3) is 0.263. The summed E-state index contributed by atoms with van der Waals surface area (Å²) in [5, 5.41) is 8.21. The Balaban J connectivity index is 1.86. The van der Waals surface area contributed by atoms with E-state index in [4.69, 9.17) is 18.9 Å². The molecule has 0 aliphatic carbocycles. The van der Waals surface area contributed by atoms with Crippen LogP contribution in [0.5, 0.6) is 23.0 Å². The van der Waals surface area contributed by atoms with E-state index < -0.39 is 0 Å². The third kappa shape index (κ3) is 1.48. The summed E-state index contributed by atoms with van der Waals surface area (Å²) in [4.78, 5) is 0. The topological polar surface area (TPSA) is 49.0 Å². The maximum Gasteiger partial charge on any atom is 0.231 e. The predicted molar refractivity (Wildman–Crippen MR) is 89.0 cm³/mol. The number of rotatable bonds is 0. The van der Waals surface area contributed by atoms with Crippen LogP contribution in [0, 0.1) is 0 Å². The van der Waals surface area contributed by atoms with E-state index in [-0.39, 0.29) is 19.6 Å². The van der Waals surface area contributed by atoms with Gasteiger partial charge in [0.25, 0.3) is 0 Å². The van der Waals surface area contributed by atoms with Gasteiger partial charge in [-0.05, 0) is 58.5 Å². The van der Waals surface area contributed by atoms with Crippen molar-refractivity contribution < 1.29 is 18.9 Å². The average Bonchev–Trinajstić information content (AvgIpc) is 3.23. The van der Waals surface area contributed by atoms with E-state index in [2.05, 4.69) is 36.5 Å². The summed E-state index contributed by atoms with van der Waals surface area (Å²) in [7, 11) is 0. The van der Waals surface area contributed by atoms with Crippen LogP contribution >= 0.6 is 0 Å². The Labute approximate surface area is 138 Å². The number of hydrogen-bond acceptors (Lipinski definition) is 5. The van der Waals surface area contributed by atoms with Gasteiger partial charge in [-0.1, -0.05) is 0 Å². The van der Waals surface area contributed by atoms with Crippen molar-refractivity contribution in [1.29, 1.82) is 0 Å². The summed E-state index contributed by atoms with van der Waals surface area (Å²) in [5.74, 6) is 3.26. The van der Waals surface area contributed by atoms with Gasteiger partial charge >= 0.3 is 0 Å². The van der Waals surface area contributed by atoms with Crippen molar-refractivity contribution in [3.8, 4) is 23.0 Å². The van der Waals surface area contributed by atoms with Gasteiger partial charge in [-0.2, -0.15) is 0 Å². The molecular weight excluding hydrogens is 306 g/mol. The van der Waals surface area contributed by atoms with Crippen LogP contribution in [0.4, 0.5) is 0 Å². The van der Waals surface area contributed by atoms with Gasteiger partial charge in [0.1, 0.15) is 0 Å². The molecule has 0 amide bonds. The van der Waals surface area contributed by atoms with Gasteiger partial charge in [0.05, 0.1) is 0 Å². The molecule has 0 saturated heterocycles. The molecule has 3 aliphatic heterocycles. The molecule has 1 atom stereocenters. The molecule has 1 N–H and O–H groups in total. The monoisotopic (exact) mass is 321 g/mol. The normalized spacial score (nSPS) is 20.1. The molecule has 5 heteroatoms. The molecule has 5 nitrogen and oxygen atoms in total. The lowest BCUT2D eigenvalue weighted by Crippen LogP contribution is -2.23. The van der Waals surface area contributed by atoms with E-state index in [9.17, 15) is 0 Å². The third-order valence-corrected chi connectivity index (χ3v) is 5.22. The van der Waals surface area contributed by atoms with Gasteiger partial charge in [-0.15, -0.1) is 0 Å². The molecule has 3 aromatic rings. The van der Waals surface area contributed by atoms with Crippen LogP contribution in [-0.2, 0) is 6.54 Å². The van der Waals surface area contributed by atoms with Crippen molar-refractivity contribution >= 4 is 21.5 Å². The van der Waals surface area contributed by atoms with Crippen molar-refractivity contribution in [2.75, 3.05) is 13.6 Å². The largest absolute Gasteiger partial charge is 0.454 e. The van der Waals surface area contributed by atoms with Gasteiger partial charge in [0, 0.05) is 18.0 Å². The fourth-order valence-corrected chi connectivity index (χ4v) is 4.07. The van der Waals surface area contributed by atoms with Gasteiger partial charge in [0.2, 0.25) is 13.6 Å². The van der Waals surface area contributed by atoms with Crippen LogP contribution in [0.3, 0.4) is 0 Å². The molecule has 0 aromatic heterocycles. The van der Waals surface area contributed by atoms with Crippen LogP contribution in [0.2, 0.25) is 0 Å². The predicted octanol–water partition coefficient (Wildman–Crippen LogP) is 3.61. The average molecular weight is 321 g/mol. The highest BCUT2D eigenvalue weighted by molar-refractivity contribution is 6.15. The number of benzene rings is 3. The Morgan fingerprint density at radius 2 is 1.67 bits per heavy atom. The maximum absolute atomic E-state index is 5.84. The zero-order valence-corrected chi connectivity index (χ0v) is 13.1. The van der Waals surface area contributed by atoms with E-state index in [0.717, 1.165) is 45.7 Å². The van der Waals surface area contributed by atoms with Gasteiger partial charge in [0.15, 0.2) is 23.0 Å². The maximum atomic E-state index is 5.84. The Morgan fingerprint density at radius 3 is 2.58 bits per heavy atom. The van der Waals surface area contributed by atoms with Gasteiger partial charge in [-0.3, -0.25) is 0 Å². The molecule has 3 aliphatic rings. The summed E-state index contributed by atoms with van der Waals surface area (Å²) in [6.45, 7) is 3.57. The molecule has 120 valence electrons. The minimum atomic E-state index is 0.271. The lowest BCUT2D eigenvalue weighted by molar-refractivity contribution is 0.174. The summed E-state index contributed by atoms with van der Waals surface area (Å²) in [6.07, 6.45) is 0. The first-order valence-corrected chi connectivity index (χ1v) is 8.14. The van der Waals surface area contributed by atoms with Crippen molar-refractivity contribution in [3.63, 3.8) is 0 Å². The SMILES string of the molecule is CC1NCc2cc3c(c4c2c1cc1cc2c(cc14)OCO2)OCO3. The molecule has 1 unspecified atom stereocenters. The zero-order chi connectivity index (χ0) is 15.8. The van der Waals surface area contributed by atoms with E-state index in [1.807, 2.05) is 0 Å². The lowest BCUT2D eigenvalue weighted by atomic mass is 9.87. The minimum Gasteiger partial charge on any atom is -0.454 e. The van der Waals surface area contributed by atoms with Crippen LogP contribution in [0.1, 0.15) is 24.1 Å². The highest BCUT2D eigenvalue weighted by atomic mass is 16.7. The molecule has 24 heavy (non-hydrogen) atoms. The Hall–Kier alpha value is -2.66. The first kappa shape index (κ1) is 12.7. The summed E-state index contributed by atoms with van der Waals surface area (Å²) >= 11 is 0. The van der Waals surface area contributed by atoms with Gasteiger partial charge in [-0.25, -0.2) is 0 Å². The zero-order valence-electron chi connectivity index (χ0n) is 13.1. The van der Waals surface area contributed by atoms with Crippen molar-refractivity contribution in [2.45, 2.75) is 19.5 Å². The first-order valence-electron chi connectivity index (χ1n) is 8.14. The quantitative estimate of drug-likeness (QED) is 0.641. The fourth-order valence-electron chi connectivity index (χ4n) is 4.07. The Morgan fingerprint density at radius 1 is 0.875 bits per heavy atom. The van der Waals surface area contributed by atoms with Crippen molar-refractivity contribution in [1.82, 2.24) is 5.32 Å². The molecule has 3 heterocycles. The van der Waals surface area contributed by atoms with Crippen molar-refractivity contribution in [3.05, 3.63) is 35.4 Å². The summed E-state index contributed by atoms with van der Waals surface area (Å²) in [6, 6.07) is 8.77. The second-order valence-electron chi connectivity index (χ2n) is 6.51. The second-order valence-corrected chi connectivity index (χ2v) is 6.51. The van der Waals surface area contributed by atoms with E-state index in [1.54, 1.807) is 0 Å². The molecule has 0 radical (unpaired) electrons. The smallest absolute Gasteiger partial charge is 0.231 e. The Bertz CT molecular complexity index is 1040. The molecule has 0 bridgehead atoms. The lowest BCUT2D eigenvalue weighted by Gasteiger charge is -2.26. The molecule has 0 saturated carbocycles. The number of ether oxygens (including phenoxy) is 4. The highest BCUT2D eigenvalue weighted by Gasteiger charge is 2.28. The highest BCUT2D eigenvalue weighted by Crippen LogP contribution is 2.49. The summed E-state index contributed by atoms with van der Waals surface area (Å²) < 4.78 is 22.7. The van der Waals surface area contributed by atoms with Crippen LogP contribution in [0.15, 0.2) is 24.3 Å². The van der Waals surface area contributed by atoms with Crippen LogP contribution in [0.25, 0.3) is 21.5 Å². The summed E-state index contributed by atoms with van der Waals surface area (Å²) in [5.41, 5.74) is 2.54. The molecular formula is C19H15NO4. The van der Waals surface area contributed by atoms with E-state index in [1.165, 1.54) is 16.5 Å². The number of hydrogen-bond donors (Lipinski definition) is 1. The number of nitrogens with one attached hydrogen (secondary N) is 1. The van der Waals surface area contributed by atoms with Crippen LogP contribution in [-0.4, -0.2) is 13.6 Å². The molecule has 0 spiro atoms. The standard InChI is InChI=1S/C19H15NO4/c1-9-12-2-10-3-14-15(22-7-21-14)5-13(10)18-17(12)11(6-20-9)4-16-19(18)24-8-23-16/h2-5,9,20H,6-8H2,1H3. The van der Waals surface area contributed by atoms with Crippen molar-refractivity contribution in [2.24, 2.45) is 0 Å². The first-order chi connectivity index (χ1) is 11.8. The molecule has 3 aromatic carbocycles. The Kier molecular flexibility index (Phi) is 2.25. The molecule has 6 rings (SSSR count).